The van der Waals surface area contributed by atoms with Gasteiger partial charge in [-0.05, 0) is 19.4 Å². The number of rotatable bonds is 3. The Morgan fingerprint density at radius 3 is 2.44 bits per heavy atom. The Kier molecular flexibility index (Phi) is 3.19. The lowest BCUT2D eigenvalue weighted by Gasteiger charge is -2.26. The molecule has 1 aromatic carbocycles. The van der Waals surface area contributed by atoms with Crippen LogP contribution in [0.15, 0.2) is 41.6 Å². The molecule has 94 valence electrons. The van der Waals surface area contributed by atoms with Gasteiger partial charge in [-0.1, -0.05) is 30.3 Å². The van der Waals surface area contributed by atoms with E-state index < -0.39 is 5.97 Å². The molecule has 0 radical (unpaired) electrons. The first kappa shape index (κ1) is 12.4. The summed E-state index contributed by atoms with van der Waals surface area (Å²) in [5, 5.41) is 9.03. The number of allylic oxidation sites excluding steroid dienone is 1. The van der Waals surface area contributed by atoms with E-state index in [0.29, 0.717) is 5.70 Å². The quantitative estimate of drug-likeness (QED) is 0.889. The Hall–Kier alpha value is -2.10. The molecule has 1 unspecified atom stereocenters. The molecule has 1 aliphatic rings. The van der Waals surface area contributed by atoms with E-state index in [2.05, 4.69) is 0 Å². The number of carbonyl (C=O) groups excluding carboxylic acids is 1. The van der Waals surface area contributed by atoms with Gasteiger partial charge in [0.15, 0.2) is 0 Å². The van der Waals surface area contributed by atoms with Crippen molar-refractivity contribution in [2.24, 2.45) is 0 Å². The van der Waals surface area contributed by atoms with E-state index in [-0.39, 0.29) is 23.9 Å². The molecular weight excluding hydrogens is 230 g/mol. The van der Waals surface area contributed by atoms with Crippen LogP contribution in [0.25, 0.3) is 0 Å². The van der Waals surface area contributed by atoms with Gasteiger partial charge in [-0.15, -0.1) is 0 Å². The van der Waals surface area contributed by atoms with Crippen molar-refractivity contribution in [2.75, 3.05) is 0 Å². The van der Waals surface area contributed by atoms with Gasteiger partial charge in [0, 0.05) is 5.70 Å². The van der Waals surface area contributed by atoms with E-state index in [1.54, 1.807) is 11.8 Å². The molecule has 1 aliphatic heterocycles. The van der Waals surface area contributed by atoms with E-state index in [0.717, 1.165) is 5.56 Å². The zero-order valence-corrected chi connectivity index (χ0v) is 10.4. The minimum Gasteiger partial charge on any atom is -0.478 e. The Bertz CT molecular complexity index is 519. The van der Waals surface area contributed by atoms with Crippen LogP contribution in [0.1, 0.15) is 31.9 Å². The Labute approximate surface area is 106 Å². The molecule has 1 amide bonds. The fraction of sp³-hybridized carbons (Fsp3) is 0.286. The topological polar surface area (TPSA) is 57.6 Å². The maximum Gasteiger partial charge on any atom is 0.333 e. The average Bonchev–Trinajstić information content (AvgIpc) is 2.65. The predicted octanol–water partition coefficient (Wildman–Crippen LogP) is 2.34. The van der Waals surface area contributed by atoms with Crippen molar-refractivity contribution in [1.29, 1.82) is 0 Å². The first-order valence-electron chi connectivity index (χ1n) is 5.82. The second kappa shape index (κ2) is 4.64. The highest BCUT2D eigenvalue weighted by Crippen LogP contribution is 2.32. The normalized spacial score (nSPS) is 17.2. The number of carboxylic acids is 1. The lowest BCUT2D eigenvalue weighted by Crippen LogP contribution is -2.27. The summed E-state index contributed by atoms with van der Waals surface area (Å²) in [4.78, 5) is 24.5. The second-order valence-electron chi connectivity index (χ2n) is 4.40. The van der Waals surface area contributed by atoms with Crippen LogP contribution in [0.2, 0.25) is 0 Å². The number of benzene rings is 1. The fourth-order valence-electron chi connectivity index (χ4n) is 2.31. The molecule has 0 saturated carbocycles. The molecule has 2 rings (SSSR count). The van der Waals surface area contributed by atoms with Crippen molar-refractivity contribution in [3.63, 3.8) is 0 Å². The van der Waals surface area contributed by atoms with Crippen molar-refractivity contribution >= 4 is 11.9 Å². The molecule has 0 bridgehead atoms. The van der Waals surface area contributed by atoms with Gasteiger partial charge in [0.05, 0.1) is 18.0 Å². The van der Waals surface area contributed by atoms with Gasteiger partial charge in [-0.3, -0.25) is 4.79 Å². The summed E-state index contributed by atoms with van der Waals surface area (Å²) in [5.41, 5.74) is 1.74. The van der Waals surface area contributed by atoms with Crippen LogP contribution in [0, 0.1) is 0 Å². The summed E-state index contributed by atoms with van der Waals surface area (Å²) in [6.07, 6.45) is -0.0155. The SMILES string of the molecule is CC1=C(C(=O)O)CC(=O)N1C(C)c1ccccc1. The van der Waals surface area contributed by atoms with Crippen LogP contribution in [0.4, 0.5) is 0 Å². The molecule has 1 N–H and O–H groups in total. The van der Waals surface area contributed by atoms with Crippen molar-refractivity contribution in [3.05, 3.63) is 47.2 Å². The number of carboxylic acid groups (broad SMARTS) is 1. The Morgan fingerprint density at radius 2 is 1.94 bits per heavy atom. The van der Waals surface area contributed by atoms with E-state index in [1.807, 2.05) is 37.3 Å². The largest absolute Gasteiger partial charge is 0.478 e. The highest BCUT2D eigenvalue weighted by molar-refractivity contribution is 5.99. The van der Waals surface area contributed by atoms with Crippen LogP contribution in [0.3, 0.4) is 0 Å². The minimum atomic E-state index is -1.01. The van der Waals surface area contributed by atoms with Gasteiger partial charge in [0.1, 0.15) is 0 Å². The van der Waals surface area contributed by atoms with Gasteiger partial charge < -0.3 is 10.0 Å². The monoisotopic (exact) mass is 245 g/mol. The van der Waals surface area contributed by atoms with Gasteiger partial charge >= 0.3 is 5.97 Å². The van der Waals surface area contributed by atoms with Crippen molar-refractivity contribution in [2.45, 2.75) is 26.3 Å². The Balaban J connectivity index is 2.34. The zero-order chi connectivity index (χ0) is 13.3. The lowest BCUT2D eigenvalue weighted by atomic mass is 10.1. The molecule has 0 spiro atoms. The highest BCUT2D eigenvalue weighted by Gasteiger charge is 2.34. The maximum absolute atomic E-state index is 11.9. The summed E-state index contributed by atoms with van der Waals surface area (Å²) in [6, 6.07) is 9.45. The lowest BCUT2D eigenvalue weighted by molar-refractivity contribution is -0.134. The number of carbonyl (C=O) groups is 2. The molecule has 18 heavy (non-hydrogen) atoms. The number of aliphatic carboxylic acids is 1. The molecule has 4 heteroatoms. The van der Waals surface area contributed by atoms with Crippen LogP contribution in [-0.2, 0) is 9.59 Å². The third-order valence-corrected chi connectivity index (χ3v) is 3.32. The summed E-state index contributed by atoms with van der Waals surface area (Å²) in [6.45, 7) is 3.59. The molecule has 1 aromatic rings. The molecule has 0 saturated heterocycles. The number of nitrogens with zero attached hydrogens (tertiary/aromatic N) is 1. The maximum atomic E-state index is 11.9. The molecule has 1 atom stereocenters. The zero-order valence-electron chi connectivity index (χ0n) is 10.4. The summed E-state index contributed by atoms with van der Waals surface area (Å²) >= 11 is 0. The first-order valence-corrected chi connectivity index (χ1v) is 5.82. The molecular formula is C14H15NO3. The standard InChI is InChI=1S/C14H15NO3/c1-9(11-6-4-3-5-7-11)15-10(2)12(14(17)18)8-13(15)16/h3-7,9H,8H2,1-2H3,(H,17,18). The van der Waals surface area contributed by atoms with Gasteiger partial charge in [-0.25, -0.2) is 4.79 Å². The van der Waals surface area contributed by atoms with E-state index in [1.165, 1.54) is 0 Å². The van der Waals surface area contributed by atoms with Crippen LogP contribution < -0.4 is 0 Å². The third-order valence-electron chi connectivity index (χ3n) is 3.32. The van der Waals surface area contributed by atoms with Crippen LogP contribution in [-0.4, -0.2) is 21.9 Å². The van der Waals surface area contributed by atoms with Gasteiger partial charge in [-0.2, -0.15) is 0 Å². The van der Waals surface area contributed by atoms with Crippen molar-refractivity contribution < 1.29 is 14.7 Å². The van der Waals surface area contributed by atoms with Crippen molar-refractivity contribution in [3.8, 4) is 0 Å². The smallest absolute Gasteiger partial charge is 0.333 e. The van der Waals surface area contributed by atoms with Crippen LogP contribution in [0.5, 0.6) is 0 Å². The van der Waals surface area contributed by atoms with Crippen LogP contribution >= 0.6 is 0 Å². The Morgan fingerprint density at radius 1 is 1.33 bits per heavy atom. The molecule has 4 nitrogen and oxygen atoms in total. The second-order valence-corrected chi connectivity index (χ2v) is 4.40. The number of hydrogen-bond acceptors (Lipinski definition) is 2. The summed E-state index contributed by atoms with van der Waals surface area (Å²) in [5.74, 6) is -1.16. The summed E-state index contributed by atoms with van der Waals surface area (Å²) in [7, 11) is 0. The summed E-state index contributed by atoms with van der Waals surface area (Å²) < 4.78 is 0. The number of hydrogen-bond donors (Lipinski definition) is 1. The molecule has 0 aromatic heterocycles. The number of amides is 1. The van der Waals surface area contributed by atoms with Gasteiger partial charge in [0.25, 0.3) is 0 Å². The predicted molar refractivity (Wildman–Crippen MR) is 66.7 cm³/mol. The average molecular weight is 245 g/mol. The van der Waals surface area contributed by atoms with E-state index in [4.69, 9.17) is 5.11 Å². The third kappa shape index (κ3) is 2.01. The fourth-order valence-corrected chi connectivity index (χ4v) is 2.31. The van der Waals surface area contributed by atoms with E-state index >= 15 is 0 Å². The van der Waals surface area contributed by atoms with Gasteiger partial charge in [0.2, 0.25) is 5.91 Å². The van der Waals surface area contributed by atoms with Crippen molar-refractivity contribution in [1.82, 2.24) is 4.90 Å². The van der Waals surface area contributed by atoms with E-state index in [9.17, 15) is 9.59 Å². The molecule has 1 heterocycles. The molecule has 0 aliphatic carbocycles. The molecule has 0 fully saturated rings. The first-order chi connectivity index (χ1) is 8.52. The highest BCUT2D eigenvalue weighted by atomic mass is 16.4. The minimum absolute atomic E-state index is 0.0155.